The van der Waals surface area contributed by atoms with Gasteiger partial charge in [-0.1, -0.05) is 18.5 Å². The fourth-order valence-electron chi connectivity index (χ4n) is 1.34. The largest absolute Gasteiger partial charge is 0.418 e. The molecule has 1 heterocycles. The van der Waals surface area contributed by atoms with Gasteiger partial charge in [-0.05, 0) is 6.07 Å². The monoisotopic (exact) mass is 284 g/mol. The maximum absolute atomic E-state index is 12.6. The molecule has 0 saturated carbocycles. The van der Waals surface area contributed by atoms with Crippen LogP contribution in [0.3, 0.4) is 0 Å². The van der Waals surface area contributed by atoms with Gasteiger partial charge >= 0.3 is 6.18 Å². The van der Waals surface area contributed by atoms with Gasteiger partial charge < -0.3 is 4.90 Å². The summed E-state index contributed by atoms with van der Waals surface area (Å²) in [5.74, 6) is 0.225. The van der Waals surface area contributed by atoms with E-state index in [1.165, 1.54) is 0 Å². The SMILES string of the molecule is CC(S)CN(C)c1cc(C(F)(F)F)c(Cl)cn1. The zero-order valence-electron chi connectivity index (χ0n) is 9.29. The molecule has 0 N–H and O–H groups in total. The molecule has 0 aromatic carbocycles. The topological polar surface area (TPSA) is 16.1 Å². The highest BCUT2D eigenvalue weighted by atomic mass is 35.5. The molecule has 1 aromatic heterocycles. The summed E-state index contributed by atoms with van der Waals surface area (Å²) in [7, 11) is 1.66. The number of hydrogen-bond acceptors (Lipinski definition) is 3. The summed E-state index contributed by atoms with van der Waals surface area (Å²) in [6.07, 6.45) is -3.46. The second-order valence-corrected chi connectivity index (χ2v) is 5.04. The van der Waals surface area contributed by atoms with Crippen LogP contribution in [0, 0.1) is 0 Å². The van der Waals surface area contributed by atoms with Crippen LogP contribution in [-0.2, 0) is 6.18 Å². The molecule has 2 nitrogen and oxygen atoms in total. The molecule has 1 rings (SSSR count). The molecule has 0 aliphatic heterocycles. The van der Waals surface area contributed by atoms with Crippen molar-refractivity contribution >= 4 is 30.0 Å². The summed E-state index contributed by atoms with van der Waals surface area (Å²) >= 11 is 9.65. The fourth-order valence-corrected chi connectivity index (χ4v) is 1.80. The van der Waals surface area contributed by atoms with Crippen molar-refractivity contribution < 1.29 is 13.2 Å². The molecule has 7 heteroatoms. The van der Waals surface area contributed by atoms with Crippen LogP contribution >= 0.6 is 24.2 Å². The lowest BCUT2D eigenvalue weighted by Crippen LogP contribution is -2.25. The number of alkyl halides is 3. The molecular formula is C10H12ClF3N2S. The molecule has 0 fully saturated rings. The quantitative estimate of drug-likeness (QED) is 0.855. The van der Waals surface area contributed by atoms with Crippen LogP contribution in [0.1, 0.15) is 12.5 Å². The van der Waals surface area contributed by atoms with Crippen molar-refractivity contribution in [2.75, 3.05) is 18.5 Å². The normalized spacial score (nSPS) is 13.6. The van der Waals surface area contributed by atoms with E-state index in [2.05, 4.69) is 17.6 Å². The maximum atomic E-state index is 12.6. The standard InChI is InChI=1S/C10H12ClF3N2S/c1-6(17)5-16(2)9-3-7(10(12,13)14)8(11)4-15-9/h3-4,6,17H,5H2,1-2H3. The first-order valence-corrected chi connectivity index (χ1v) is 5.73. The Morgan fingerprint density at radius 1 is 1.53 bits per heavy atom. The molecule has 17 heavy (non-hydrogen) atoms. The summed E-state index contributed by atoms with van der Waals surface area (Å²) < 4.78 is 37.8. The number of pyridine rings is 1. The van der Waals surface area contributed by atoms with Crippen molar-refractivity contribution in [3.05, 3.63) is 22.8 Å². The minimum atomic E-state index is -4.47. The van der Waals surface area contributed by atoms with E-state index in [1.807, 2.05) is 6.92 Å². The first kappa shape index (κ1) is 14.4. The van der Waals surface area contributed by atoms with Crippen molar-refractivity contribution in [3.8, 4) is 0 Å². The van der Waals surface area contributed by atoms with Gasteiger partial charge in [-0.15, -0.1) is 0 Å². The van der Waals surface area contributed by atoms with Crippen LogP contribution < -0.4 is 4.90 Å². The van der Waals surface area contributed by atoms with Crippen LogP contribution in [0.5, 0.6) is 0 Å². The Bertz CT molecular complexity index is 396. The highest BCUT2D eigenvalue weighted by Gasteiger charge is 2.34. The Morgan fingerprint density at radius 2 is 2.12 bits per heavy atom. The van der Waals surface area contributed by atoms with Gasteiger partial charge in [0, 0.05) is 25.0 Å². The first-order chi connectivity index (χ1) is 7.71. The Balaban J connectivity index is 3.04. The third-order valence-corrected chi connectivity index (χ3v) is 2.54. The van der Waals surface area contributed by atoms with E-state index >= 15 is 0 Å². The molecule has 0 bridgehead atoms. The van der Waals surface area contributed by atoms with Crippen molar-refractivity contribution in [2.45, 2.75) is 18.3 Å². The smallest absolute Gasteiger partial charge is 0.359 e. The minimum Gasteiger partial charge on any atom is -0.359 e. The predicted molar refractivity (Wildman–Crippen MR) is 66.0 cm³/mol. The van der Waals surface area contributed by atoms with Crippen molar-refractivity contribution in [1.82, 2.24) is 4.98 Å². The molecule has 0 radical (unpaired) electrons. The number of halogens is 4. The predicted octanol–water partition coefficient (Wildman–Crippen LogP) is 3.51. The molecule has 96 valence electrons. The van der Waals surface area contributed by atoms with Gasteiger partial charge in [-0.3, -0.25) is 0 Å². The lowest BCUT2D eigenvalue weighted by Gasteiger charge is -2.21. The Hall–Kier alpha value is -0.620. The number of rotatable bonds is 3. The molecule has 0 aliphatic rings. The van der Waals surface area contributed by atoms with E-state index in [4.69, 9.17) is 11.6 Å². The third kappa shape index (κ3) is 3.96. The lowest BCUT2D eigenvalue weighted by atomic mass is 10.2. The van der Waals surface area contributed by atoms with Gasteiger partial charge in [-0.25, -0.2) is 4.98 Å². The van der Waals surface area contributed by atoms with Crippen LogP contribution in [0.4, 0.5) is 19.0 Å². The van der Waals surface area contributed by atoms with E-state index in [-0.39, 0.29) is 11.1 Å². The van der Waals surface area contributed by atoms with Crippen molar-refractivity contribution in [2.24, 2.45) is 0 Å². The summed E-state index contributed by atoms with van der Waals surface area (Å²) in [6.45, 7) is 2.34. The van der Waals surface area contributed by atoms with Crippen molar-refractivity contribution in [3.63, 3.8) is 0 Å². The number of hydrogen-bond donors (Lipinski definition) is 1. The summed E-state index contributed by atoms with van der Waals surface area (Å²) in [5.41, 5.74) is -0.872. The van der Waals surface area contributed by atoms with Gasteiger partial charge in [0.1, 0.15) is 5.82 Å². The first-order valence-electron chi connectivity index (χ1n) is 4.83. The van der Waals surface area contributed by atoms with Crippen LogP contribution in [-0.4, -0.2) is 23.8 Å². The van der Waals surface area contributed by atoms with E-state index in [1.54, 1.807) is 11.9 Å². The molecule has 0 amide bonds. The number of thiol groups is 1. The molecule has 1 aromatic rings. The van der Waals surface area contributed by atoms with Gasteiger partial charge in [0.2, 0.25) is 0 Å². The summed E-state index contributed by atoms with van der Waals surface area (Å²) in [4.78, 5) is 5.47. The van der Waals surface area contributed by atoms with E-state index in [9.17, 15) is 13.2 Å². The van der Waals surface area contributed by atoms with Gasteiger partial charge in [0.15, 0.2) is 0 Å². The van der Waals surface area contributed by atoms with Gasteiger partial charge in [0.05, 0.1) is 10.6 Å². The van der Waals surface area contributed by atoms with Gasteiger partial charge in [-0.2, -0.15) is 25.8 Å². The highest BCUT2D eigenvalue weighted by molar-refractivity contribution is 7.80. The summed E-state index contributed by atoms with van der Waals surface area (Å²) in [5, 5.41) is -0.361. The van der Waals surface area contributed by atoms with E-state index in [0.29, 0.717) is 6.54 Å². The number of anilines is 1. The maximum Gasteiger partial charge on any atom is 0.418 e. The van der Waals surface area contributed by atoms with E-state index in [0.717, 1.165) is 12.3 Å². The van der Waals surface area contributed by atoms with Crippen LogP contribution in [0.25, 0.3) is 0 Å². The third-order valence-electron chi connectivity index (χ3n) is 2.08. The average molecular weight is 285 g/mol. The second kappa shape index (κ2) is 5.35. The Labute approximate surface area is 108 Å². The Morgan fingerprint density at radius 3 is 2.59 bits per heavy atom. The second-order valence-electron chi connectivity index (χ2n) is 3.75. The molecule has 0 spiro atoms. The van der Waals surface area contributed by atoms with Gasteiger partial charge in [0.25, 0.3) is 0 Å². The minimum absolute atomic E-state index is 0.0341. The fraction of sp³-hybridized carbons (Fsp3) is 0.500. The zero-order valence-corrected chi connectivity index (χ0v) is 10.9. The van der Waals surface area contributed by atoms with E-state index < -0.39 is 16.8 Å². The Kier molecular flexibility index (Phi) is 4.55. The molecule has 0 saturated heterocycles. The molecular weight excluding hydrogens is 273 g/mol. The molecule has 1 atom stereocenters. The number of nitrogens with zero attached hydrogens (tertiary/aromatic N) is 2. The summed E-state index contributed by atoms with van der Waals surface area (Å²) in [6, 6.07) is 0.943. The average Bonchev–Trinajstić information content (AvgIpc) is 2.15. The molecule has 1 unspecified atom stereocenters. The molecule has 0 aliphatic carbocycles. The van der Waals surface area contributed by atoms with Crippen LogP contribution in [0.15, 0.2) is 12.3 Å². The lowest BCUT2D eigenvalue weighted by molar-refractivity contribution is -0.137. The van der Waals surface area contributed by atoms with Crippen molar-refractivity contribution in [1.29, 1.82) is 0 Å². The zero-order chi connectivity index (χ0) is 13.2. The highest BCUT2D eigenvalue weighted by Crippen LogP contribution is 2.35. The van der Waals surface area contributed by atoms with Crippen LogP contribution in [0.2, 0.25) is 5.02 Å². The number of aromatic nitrogens is 1.